The Morgan fingerprint density at radius 3 is 2.59 bits per heavy atom. The highest BCUT2D eigenvalue weighted by Gasteiger charge is 2.23. The minimum Gasteiger partial charge on any atom is -0.461 e. The molecule has 1 heterocycles. The van der Waals surface area contributed by atoms with E-state index >= 15 is 0 Å². The summed E-state index contributed by atoms with van der Waals surface area (Å²) in [6.45, 7) is 6.81. The smallest absolute Gasteiger partial charge is 0.367 e. The summed E-state index contributed by atoms with van der Waals surface area (Å²) in [5.41, 5.74) is -0.447. The van der Waals surface area contributed by atoms with Crippen LogP contribution in [-0.4, -0.2) is 23.5 Å². The molecule has 0 saturated carbocycles. The lowest BCUT2D eigenvalue weighted by atomic mass is 9.95. The number of esters is 1. The molecule has 0 fully saturated rings. The standard InChI is InChI=1S/C15H18ClFN2O3/c1-5-22-13(20)10(17)8-9-6-7-11(16)18-12(9)19-14(21)15(2,3)4/h6-8H,5H2,1-4H3,(H,18,19,21)/b10-8+. The first-order chi connectivity index (χ1) is 10.1. The van der Waals surface area contributed by atoms with Gasteiger partial charge in [-0.15, -0.1) is 0 Å². The summed E-state index contributed by atoms with van der Waals surface area (Å²) in [5, 5.41) is 2.71. The van der Waals surface area contributed by atoms with Gasteiger partial charge in [-0.1, -0.05) is 32.4 Å². The highest BCUT2D eigenvalue weighted by molar-refractivity contribution is 6.29. The Hall–Kier alpha value is -1.95. The summed E-state index contributed by atoms with van der Waals surface area (Å²) in [6, 6.07) is 2.88. The molecule has 22 heavy (non-hydrogen) atoms. The average molecular weight is 329 g/mol. The molecule has 0 unspecified atom stereocenters. The lowest BCUT2D eigenvalue weighted by Crippen LogP contribution is -2.28. The van der Waals surface area contributed by atoms with Crippen LogP contribution in [0.3, 0.4) is 0 Å². The van der Waals surface area contributed by atoms with Crippen molar-refractivity contribution in [1.29, 1.82) is 0 Å². The molecule has 1 amide bonds. The number of hydrogen-bond donors (Lipinski definition) is 1. The second-order valence-electron chi connectivity index (χ2n) is 5.49. The van der Waals surface area contributed by atoms with Gasteiger partial charge < -0.3 is 10.1 Å². The first kappa shape index (κ1) is 18.1. The van der Waals surface area contributed by atoms with E-state index in [4.69, 9.17) is 11.6 Å². The summed E-state index contributed by atoms with van der Waals surface area (Å²) in [4.78, 5) is 27.3. The molecular formula is C15H18ClFN2O3. The van der Waals surface area contributed by atoms with E-state index < -0.39 is 17.2 Å². The van der Waals surface area contributed by atoms with Crippen molar-refractivity contribution >= 4 is 35.4 Å². The van der Waals surface area contributed by atoms with Gasteiger partial charge in [0.25, 0.3) is 0 Å². The van der Waals surface area contributed by atoms with Crippen LogP contribution in [-0.2, 0) is 14.3 Å². The number of rotatable bonds is 4. The van der Waals surface area contributed by atoms with E-state index in [0.29, 0.717) is 0 Å². The normalized spacial score (nSPS) is 12.0. The maximum absolute atomic E-state index is 13.7. The Bertz CT molecular complexity index is 609. The number of aromatic nitrogens is 1. The van der Waals surface area contributed by atoms with Crippen LogP contribution in [0.25, 0.3) is 6.08 Å². The number of amides is 1. The highest BCUT2D eigenvalue weighted by Crippen LogP contribution is 2.23. The second kappa shape index (κ2) is 7.35. The molecule has 1 rings (SSSR count). The van der Waals surface area contributed by atoms with Crippen LogP contribution >= 0.6 is 11.6 Å². The molecule has 0 atom stereocenters. The van der Waals surface area contributed by atoms with Crippen molar-refractivity contribution in [2.24, 2.45) is 5.41 Å². The molecular weight excluding hydrogens is 311 g/mol. The summed E-state index contributed by atoms with van der Waals surface area (Å²) >= 11 is 5.79. The van der Waals surface area contributed by atoms with Crippen LogP contribution in [0.2, 0.25) is 5.15 Å². The SMILES string of the molecule is CCOC(=O)/C(F)=C\c1ccc(Cl)nc1NC(=O)C(C)(C)C. The average Bonchev–Trinajstić information content (AvgIpc) is 2.40. The van der Waals surface area contributed by atoms with Crippen LogP contribution in [0.15, 0.2) is 18.0 Å². The van der Waals surface area contributed by atoms with E-state index in [-0.39, 0.29) is 29.0 Å². The number of ether oxygens (including phenoxy) is 1. The van der Waals surface area contributed by atoms with Gasteiger partial charge in [0.05, 0.1) is 6.61 Å². The predicted octanol–water partition coefficient (Wildman–Crippen LogP) is 3.59. The summed E-state index contributed by atoms with van der Waals surface area (Å²) in [5.74, 6) is -2.40. The maximum Gasteiger partial charge on any atom is 0.367 e. The quantitative estimate of drug-likeness (QED) is 0.521. The minimum atomic E-state index is -1.09. The van der Waals surface area contributed by atoms with Crippen LogP contribution in [0.1, 0.15) is 33.3 Å². The highest BCUT2D eigenvalue weighted by atomic mass is 35.5. The number of halogens is 2. The molecule has 0 aliphatic rings. The van der Waals surface area contributed by atoms with Crippen molar-refractivity contribution < 1.29 is 18.7 Å². The van der Waals surface area contributed by atoms with Crippen molar-refractivity contribution in [2.45, 2.75) is 27.7 Å². The molecule has 120 valence electrons. The lowest BCUT2D eigenvalue weighted by Gasteiger charge is -2.18. The summed E-state index contributed by atoms with van der Waals surface area (Å²) in [6.07, 6.45) is 0.944. The fourth-order valence-electron chi connectivity index (χ4n) is 1.35. The number of pyridine rings is 1. The Labute approximate surface area is 133 Å². The Kier molecular flexibility index (Phi) is 6.05. The van der Waals surface area contributed by atoms with Crippen LogP contribution in [0.5, 0.6) is 0 Å². The second-order valence-corrected chi connectivity index (χ2v) is 5.88. The van der Waals surface area contributed by atoms with Crippen molar-refractivity contribution in [3.63, 3.8) is 0 Å². The van der Waals surface area contributed by atoms with Gasteiger partial charge in [0.1, 0.15) is 11.0 Å². The summed E-state index contributed by atoms with van der Waals surface area (Å²) in [7, 11) is 0. The summed E-state index contributed by atoms with van der Waals surface area (Å²) < 4.78 is 18.3. The maximum atomic E-state index is 13.7. The van der Waals surface area contributed by atoms with Crippen LogP contribution in [0, 0.1) is 5.41 Å². The third-order valence-electron chi connectivity index (χ3n) is 2.56. The first-order valence-corrected chi connectivity index (χ1v) is 7.05. The molecule has 1 aromatic heterocycles. The number of hydrogen-bond acceptors (Lipinski definition) is 4. The fraction of sp³-hybridized carbons (Fsp3) is 0.400. The van der Waals surface area contributed by atoms with Crippen LogP contribution in [0.4, 0.5) is 10.2 Å². The third-order valence-corrected chi connectivity index (χ3v) is 2.77. The zero-order valence-corrected chi connectivity index (χ0v) is 13.6. The molecule has 0 saturated heterocycles. The minimum absolute atomic E-state index is 0.0621. The van der Waals surface area contributed by atoms with Gasteiger partial charge in [0.2, 0.25) is 11.7 Å². The van der Waals surface area contributed by atoms with E-state index in [2.05, 4.69) is 15.0 Å². The number of nitrogens with one attached hydrogen (secondary N) is 1. The first-order valence-electron chi connectivity index (χ1n) is 6.67. The topological polar surface area (TPSA) is 68.3 Å². The third kappa shape index (κ3) is 5.11. The van der Waals surface area contributed by atoms with Crippen molar-refractivity contribution in [1.82, 2.24) is 4.98 Å². The van der Waals surface area contributed by atoms with Gasteiger partial charge in [-0.05, 0) is 25.1 Å². The molecule has 0 spiro atoms. The lowest BCUT2D eigenvalue weighted by molar-refractivity contribution is -0.140. The molecule has 0 aliphatic heterocycles. The zero-order valence-electron chi connectivity index (χ0n) is 12.9. The number of carbonyl (C=O) groups excluding carboxylic acids is 2. The Balaban J connectivity index is 3.13. The molecule has 1 N–H and O–H groups in total. The molecule has 0 bridgehead atoms. The molecule has 0 aromatic carbocycles. The number of carbonyl (C=O) groups is 2. The molecule has 5 nitrogen and oxygen atoms in total. The van der Waals surface area contributed by atoms with Gasteiger partial charge in [0.15, 0.2) is 0 Å². The van der Waals surface area contributed by atoms with E-state index in [0.717, 1.165) is 6.08 Å². The predicted molar refractivity (Wildman–Crippen MR) is 83.0 cm³/mol. The fourth-order valence-corrected chi connectivity index (χ4v) is 1.50. The van der Waals surface area contributed by atoms with Gasteiger partial charge in [-0.2, -0.15) is 4.39 Å². The number of anilines is 1. The van der Waals surface area contributed by atoms with Crippen LogP contribution < -0.4 is 5.32 Å². The van der Waals surface area contributed by atoms with Crippen molar-refractivity contribution in [3.8, 4) is 0 Å². The molecule has 1 aromatic rings. The van der Waals surface area contributed by atoms with E-state index in [1.165, 1.54) is 12.1 Å². The Morgan fingerprint density at radius 1 is 1.41 bits per heavy atom. The van der Waals surface area contributed by atoms with Gasteiger partial charge in [-0.3, -0.25) is 4.79 Å². The van der Waals surface area contributed by atoms with Gasteiger partial charge >= 0.3 is 5.97 Å². The van der Waals surface area contributed by atoms with E-state index in [9.17, 15) is 14.0 Å². The molecule has 0 radical (unpaired) electrons. The monoisotopic (exact) mass is 328 g/mol. The Morgan fingerprint density at radius 2 is 2.05 bits per heavy atom. The van der Waals surface area contributed by atoms with Gasteiger partial charge in [-0.25, -0.2) is 9.78 Å². The van der Waals surface area contributed by atoms with Crippen molar-refractivity contribution in [2.75, 3.05) is 11.9 Å². The molecule has 7 heteroatoms. The van der Waals surface area contributed by atoms with E-state index in [1.54, 1.807) is 27.7 Å². The van der Waals surface area contributed by atoms with E-state index in [1.807, 2.05) is 0 Å². The van der Waals surface area contributed by atoms with Gasteiger partial charge in [0, 0.05) is 11.0 Å². The zero-order chi connectivity index (χ0) is 16.9. The number of nitrogens with zero attached hydrogens (tertiary/aromatic N) is 1. The van der Waals surface area contributed by atoms with Crippen molar-refractivity contribution in [3.05, 3.63) is 28.7 Å². The molecule has 0 aliphatic carbocycles. The largest absolute Gasteiger partial charge is 0.461 e.